The van der Waals surface area contributed by atoms with Crippen LogP contribution in [0.3, 0.4) is 0 Å². The summed E-state index contributed by atoms with van der Waals surface area (Å²) in [5, 5.41) is 12.8. The summed E-state index contributed by atoms with van der Waals surface area (Å²) in [4.78, 5) is 0.674. The molecule has 1 unspecified atom stereocenters. The first-order valence-electron chi connectivity index (χ1n) is 6.34. The molecule has 1 aromatic carbocycles. The molecule has 0 amide bonds. The topological polar surface area (TPSA) is 32.3 Å². The first kappa shape index (κ1) is 15.5. The summed E-state index contributed by atoms with van der Waals surface area (Å²) >= 11 is 1.50. The molecule has 1 rings (SSSR count). The zero-order chi connectivity index (χ0) is 13.4. The normalized spacial score (nSPS) is 14.4. The number of nitrogens with one attached hydrogen (secondary N) is 1. The molecule has 0 radical (unpaired) electrons. The molecule has 1 aromatic rings. The van der Waals surface area contributed by atoms with Gasteiger partial charge < -0.3 is 10.4 Å². The molecule has 18 heavy (non-hydrogen) atoms. The molecule has 1 atom stereocenters. The number of benzene rings is 1. The van der Waals surface area contributed by atoms with Gasteiger partial charge in [0.05, 0.1) is 6.61 Å². The highest BCUT2D eigenvalue weighted by Crippen LogP contribution is 2.24. The van der Waals surface area contributed by atoms with E-state index in [9.17, 15) is 9.50 Å². The summed E-state index contributed by atoms with van der Waals surface area (Å²) in [7, 11) is 0. The van der Waals surface area contributed by atoms with Crippen molar-refractivity contribution in [1.82, 2.24) is 5.32 Å². The van der Waals surface area contributed by atoms with Crippen molar-refractivity contribution in [2.75, 3.05) is 18.9 Å². The monoisotopic (exact) mass is 271 g/mol. The van der Waals surface area contributed by atoms with Crippen LogP contribution >= 0.6 is 11.8 Å². The van der Waals surface area contributed by atoms with Gasteiger partial charge in [0, 0.05) is 10.4 Å². The number of rotatable bonds is 8. The van der Waals surface area contributed by atoms with Crippen LogP contribution in [-0.4, -0.2) is 29.5 Å². The van der Waals surface area contributed by atoms with E-state index in [-0.39, 0.29) is 18.0 Å². The molecule has 0 heterocycles. The molecule has 0 bridgehead atoms. The van der Waals surface area contributed by atoms with E-state index in [0.29, 0.717) is 4.90 Å². The van der Waals surface area contributed by atoms with Crippen molar-refractivity contribution in [3.05, 3.63) is 30.1 Å². The minimum Gasteiger partial charge on any atom is -0.394 e. The lowest BCUT2D eigenvalue weighted by molar-refractivity contribution is 0.171. The van der Waals surface area contributed by atoms with E-state index in [4.69, 9.17) is 0 Å². The molecule has 0 aliphatic carbocycles. The highest BCUT2D eigenvalue weighted by Gasteiger charge is 2.21. The van der Waals surface area contributed by atoms with Crippen molar-refractivity contribution in [3.8, 4) is 0 Å². The second kappa shape index (κ2) is 7.77. The van der Waals surface area contributed by atoms with Crippen molar-refractivity contribution in [1.29, 1.82) is 0 Å². The van der Waals surface area contributed by atoms with Crippen LogP contribution in [0, 0.1) is 5.82 Å². The van der Waals surface area contributed by atoms with Crippen molar-refractivity contribution < 1.29 is 9.50 Å². The molecule has 2 N–H and O–H groups in total. The van der Waals surface area contributed by atoms with Gasteiger partial charge >= 0.3 is 0 Å². The first-order chi connectivity index (χ1) is 8.61. The molecule has 0 aliphatic heterocycles. The van der Waals surface area contributed by atoms with E-state index in [0.717, 1.165) is 25.1 Å². The molecule has 0 aliphatic rings. The standard InChI is InChI=1S/C14H22FNOS/c1-3-9-16-14(2,11-17)8-10-18-13-7-5-4-6-12(13)15/h4-7,16-17H,3,8-11H2,1-2H3. The molecule has 4 heteroatoms. The third-order valence-electron chi connectivity index (χ3n) is 2.90. The quantitative estimate of drug-likeness (QED) is 0.713. The van der Waals surface area contributed by atoms with Crippen molar-refractivity contribution in [3.63, 3.8) is 0 Å². The second-order valence-corrected chi connectivity index (χ2v) is 5.81. The van der Waals surface area contributed by atoms with E-state index >= 15 is 0 Å². The van der Waals surface area contributed by atoms with Crippen LogP contribution in [0.25, 0.3) is 0 Å². The minimum absolute atomic E-state index is 0.102. The fourth-order valence-corrected chi connectivity index (χ4v) is 2.75. The van der Waals surface area contributed by atoms with E-state index in [1.807, 2.05) is 13.0 Å². The minimum atomic E-state index is -0.270. The molecular weight excluding hydrogens is 249 g/mol. The number of halogens is 1. The van der Waals surface area contributed by atoms with Crippen LogP contribution in [0.2, 0.25) is 0 Å². The summed E-state index contributed by atoms with van der Waals surface area (Å²) in [6.07, 6.45) is 1.85. The number of aliphatic hydroxyl groups excluding tert-OH is 1. The number of aliphatic hydroxyl groups is 1. The number of hydrogen-bond acceptors (Lipinski definition) is 3. The van der Waals surface area contributed by atoms with Crippen molar-refractivity contribution in [2.45, 2.75) is 37.1 Å². The van der Waals surface area contributed by atoms with E-state index < -0.39 is 0 Å². The van der Waals surface area contributed by atoms with Gasteiger partial charge in [-0.25, -0.2) is 4.39 Å². The van der Waals surface area contributed by atoms with Gasteiger partial charge in [0.15, 0.2) is 0 Å². The van der Waals surface area contributed by atoms with E-state index in [2.05, 4.69) is 12.2 Å². The molecule has 2 nitrogen and oxygen atoms in total. The van der Waals surface area contributed by atoms with Crippen LogP contribution < -0.4 is 5.32 Å². The Hall–Kier alpha value is -0.580. The summed E-state index contributed by atoms with van der Waals surface area (Å²) in [5.74, 6) is 0.615. The Kier molecular flexibility index (Phi) is 6.68. The van der Waals surface area contributed by atoms with Crippen LogP contribution in [0.1, 0.15) is 26.7 Å². The lowest BCUT2D eigenvalue weighted by Crippen LogP contribution is -2.46. The summed E-state index contributed by atoms with van der Waals surface area (Å²) in [5.41, 5.74) is -0.270. The predicted octanol–water partition coefficient (Wildman–Crippen LogP) is 3.06. The first-order valence-corrected chi connectivity index (χ1v) is 7.33. The van der Waals surface area contributed by atoms with Crippen LogP contribution in [0.4, 0.5) is 4.39 Å². The van der Waals surface area contributed by atoms with Gasteiger partial charge in [-0.15, -0.1) is 11.8 Å². The molecule has 0 aromatic heterocycles. The Balaban J connectivity index is 2.42. The summed E-state index contributed by atoms with van der Waals surface area (Å²) < 4.78 is 13.4. The molecular formula is C14H22FNOS. The van der Waals surface area contributed by atoms with Gasteiger partial charge in [-0.05, 0) is 44.2 Å². The maximum atomic E-state index is 13.4. The Labute approximate surface area is 113 Å². The predicted molar refractivity (Wildman–Crippen MR) is 75.5 cm³/mol. The fraction of sp³-hybridized carbons (Fsp3) is 0.571. The Bertz CT molecular complexity index is 361. The maximum absolute atomic E-state index is 13.4. The molecule has 0 saturated carbocycles. The summed E-state index contributed by atoms with van der Waals surface area (Å²) in [6, 6.07) is 6.80. The van der Waals surface area contributed by atoms with Gasteiger partial charge in [0.2, 0.25) is 0 Å². The lowest BCUT2D eigenvalue weighted by atomic mass is 10.0. The van der Waals surface area contributed by atoms with Gasteiger partial charge in [0.25, 0.3) is 0 Å². The van der Waals surface area contributed by atoms with Gasteiger partial charge in [-0.3, -0.25) is 0 Å². The van der Waals surface area contributed by atoms with Crippen LogP contribution in [0.5, 0.6) is 0 Å². The van der Waals surface area contributed by atoms with Gasteiger partial charge in [-0.1, -0.05) is 19.1 Å². The highest BCUT2D eigenvalue weighted by atomic mass is 32.2. The van der Waals surface area contributed by atoms with Crippen molar-refractivity contribution >= 4 is 11.8 Å². The third-order valence-corrected chi connectivity index (χ3v) is 3.95. The molecule has 0 saturated heterocycles. The molecule has 0 fully saturated rings. The Morgan fingerprint density at radius 1 is 1.39 bits per heavy atom. The van der Waals surface area contributed by atoms with Crippen LogP contribution in [0.15, 0.2) is 29.2 Å². The smallest absolute Gasteiger partial charge is 0.136 e. The average molecular weight is 271 g/mol. The Morgan fingerprint density at radius 3 is 2.72 bits per heavy atom. The Morgan fingerprint density at radius 2 is 2.11 bits per heavy atom. The molecule has 0 spiro atoms. The highest BCUT2D eigenvalue weighted by molar-refractivity contribution is 7.99. The van der Waals surface area contributed by atoms with Gasteiger partial charge in [0.1, 0.15) is 5.82 Å². The average Bonchev–Trinajstić information content (AvgIpc) is 2.39. The fourth-order valence-electron chi connectivity index (χ4n) is 1.60. The van der Waals surface area contributed by atoms with Crippen molar-refractivity contribution in [2.24, 2.45) is 0 Å². The zero-order valence-corrected chi connectivity index (χ0v) is 11.9. The van der Waals surface area contributed by atoms with Gasteiger partial charge in [-0.2, -0.15) is 0 Å². The lowest BCUT2D eigenvalue weighted by Gasteiger charge is -2.28. The number of thioether (sulfide) groups is 1. The molecule has 102 valence electrons. The number of hydrogen-bond donors (Lipinski definition) is 2. The van der Waals surface area contributed by atoms with E-state index in [1.165, 1.54) is 17.8 Å². The SMILES string of the molecule is CCCNC(C)(CO)CCSc1ccccc1F. The third kappa shape index (κ3) is 4.96. The largest absolute Gasteiger partial charge is 0.394 e. The van der Waals surface area contributed by atoms with Crippen LogP contribution in [-0.2, 0) is 0 Å². The maximum Gasteiger partial charge on any atom is 0.136 e. The van der Waals surface area contributed by atoms with E-state index in [1.54, 1.807) is 12.1 Å². The second-order valence-electron chi connectivity index (χ2n) is 4.67. The summed E-state index contributed by atoms with van der Waals surface area (Å²) in [6.45, 7) is 5.09. The zero-order valence-electron chi connectivity index (χ0n) is 11.1.